The zero-order chi connectivity index (χ0) is 11.7. The molecule has 0 saturated heterocycles. The molecule has 0 spiro atoms. The van der Waals surface area contributed by atoms with Gasteiger partial charge in [0.1, 0.15) is 0 Å². The summed E-state index contributed by atoms with van der Waals surface area (Å²) in [6.07, 6.45) is 6.72. The van der Waals surface area contributed by atoms with Crippen molar-refractivity contribution in [2.24, 2.45) is 23.0 Å². The van der Waals surface area contributed by atoms with Gasteiger partial charge in [-0.15, -0.1) is 0 Å². The van der Waals surface area contributed by atoms with Gasteiger partial charge in [0, 0.05) is 5.54 Å². The van der Waals surface area contributed by atoms with Gasteiger partial charge in [-0.1, -0.05) is 27.2 Å². The molecule has 1 heteroatoms. The van der Waals surface area contributed by atoms with E-state index in [1.165, 1.54) is 32.1 Å². The maximum atomic E-state index is 6.20. The van der Waals surface area contributed by atoms with Crippen molar-refractivity contribution >= 4 is 0 Å². The van der Waals surface area contributed by atoms with Gasteiger partial charge in [-0.3, -0.25) is 0 Å². The molecule has 2 N–H and O–H groups in total. The predicted octanol–water partition coefficient (Wildman–Crippen LogP) is 3.97. The fourth-order valence-corrected chi connectivity index (χ4v) is 2.91. The maximum absolute atomic E-state index is 6.20. The van der Waals surface area contributed by atoms with Gasteiger partial charge in [0.25, 0.3) is 0 Å². The zero-order valence-corrected chi connectivity index (χ0v) is 11.3. The van der Waals surface area contributed by atoms with Crippen molar-refractivity contribution in [3.8, 4) is 0 Å². The van der Waals surface area contributed by atoms with E-state index in [-0.39, 0.29) is 5.54 Å². The second-order valence-electron chi connectivity index (χ2n) is 6.71. The normalized spacial score (nSPS) is 29.2. The summed E-state index contributed by atoms with van der Waals surface area (Å²) in [4.78, 5) is 0. The van der Waals surface area contributed by atoms with Crippen LogP contribution in [0.3, 0.4) is 0 Å². The predicted molar refractivity (Wildman–Crippen MR) is 67.8 cm³/mol. The third-order valence-corrected chi connectivity index (χ3v) is 4.80. The first kappa shape index (κ1) is 13.0. The Labute approximate surface area is 95.8 Å². The van der Waals surface area contributed by atoms with Crippen molar-refractivity contribution in [2.45, 2.75) is 72.3 Å². The minimum Gasteiger partial charge on any atom is -0.325 e. The third-order valence-electron chi connectivity index (χ3n) is 4.80. The van der Waals surface area contributed by atoms with Crippen LogP contribution in [0.1, 0.15) is 66.7 Å². The zero-order valence-electron chi connectivity index (χ0n) is 11.3. The first-order chi connectivity index (χ1) is 6.77. The summed E-state index contributed by atoms with van der Waals surface area (Å²) in [6, 6.07) is 0. The molecule has 0 aromatic heterocycles. The lowest BCUT2D eigenvalue weighted by molar-refractivity contribution is 0.105. The maximum Gasteiger partial charge on any atom is 0.0125 e. The van der Waals surface area contributed by atoms with E-state index in [4.69, 9.17) is 5.73 Å². The molecule has 0 radical (unpaired) electrons. The molecule has 0 bridgehead atoms. The summed E-state index contributed by atoms with van der Waals surface area (Å²) in [5.74, 6) is 1.66. The Bertz CT molecular complexity index is 192. The number of hydrogen-bond donors (Lipinski definition) is 1. The van der Waals surface area contributed by atoms with Gasteiger partial charge >= 0.3 is 0 Å². The second-order valence-corrected chi connectivity index (χ2v) is 6.71. The quantitative estimate of drug-likeness (QED) is 0.751. The van der Waals surface area contributed by atoms with Crippen LogP contribution in [0.2, 0.25) is 0 Å². The summed E-state index contributed by atoms with van der Waals surface area (Å²) in [6.45, 7) is 11.5. The third kappa shape index (κ3) is 3.21. The van der Waals surface area contributed by atoms with Crippen LogP contribution in [0.25, 0.3) is 0 Å². The SMILES string of the molecule is CCC(C)(C)C1CCC(C(C)(C)N)CC1. The van der Waals surface area contributed by atoms with Crippen molar-refractivity contribution in [3.05, 3.63) is 0 Å². The molecular formula is C14H29N. The highest BCUT2D eigenvalue weighted by Gasteiger charge is 2.35. The Morgan fingerprint density at radius 1 is 0.933 bits per heavy atom. The lowest BCUT2D eigenvalue weighted by Crippen LogP contribution is -2.43. The summed E-state index contributed by atoms with van der Waals surface area (Å²) in [5.41, 5.74) is 6.76. The van der Waals surface area contributed by atoms with Crippen LogP contribution < -0.4 is 5.73 Å². The molecule has 0 aliphatic heterocycles. The number of rotatable bonds is 3. The summed E-state index contributed by atoms with van der Waals surface area (Å²) in [5, 5.41) is 0. The molecule has 0 amide bonds. The van der Waals surface area contributed by atoms with Gasteiger partial charge in [0.15, 0.2) is 0 Å². The van der Waals surface area contributed by atoms with E-state index < -0.39 is 0 Å². The van der Waals surface area contributed by atoms with Crippen LogP contribution in [0.15, 0.2) is 0 Å². The van der Waals surface area contributed by atoms with Crippen molar-refractivity contribution in [3.63, 3.8) is 0 Å². The van der Waals surface area contributed by atoms with Crippen LogP contribution in [0, 0.1) is 17.3 Å². The molecule has 1 aliphatic carbocycles. The van der Waals surface area contributed by atoms with Gasteiger partial charge in [-0.25, -0.2) is 0 Å². The van der Waals surface area contributed by atoms with Crippen LogP contribution in [0.5, 0.6) is 0 Å². The molecule has 15 heavy (non-hydrogen) atoms. The minimum atomic E-state index is 0.0291. The van der Waals surface area contributed by atoms with E-state index in [1.807, 2.05) is 0 Å². The van der Waals surface area contributed by atoms with E-state index >= 15 is 0 Å². The standard InChI is InChI=1S/C14H29N/c1-6-13(2,3)11-7-9-12(10-8-11)14(4,5)15/h11-12H,6-10,15H2,1-5H3. The van der Waals surface area contributed by atoms with Crippen LogP contribution in [-0.4, -0.2) is 5.54 Å². The van der Waals surface area contributed by atoms with E-state index in [2.05, 4.69) is 34.6 Å². The Kier molecular flexibility index (Phi) is 3.86. The molecule has 1 fully saturated rings. The van der Waals surface area contributed by atoms with Gasteiger partial charge in [-0.2, -0.15) is 0 Å². The molecule has 0 aromatic carbocycles. The van der Waals surface area contributed by atoms with Crippen molar-refractivity contribution in [1.82, 2.24) is 0 Å². The number of hydrogen-bond acceptors (Lipinski definition) is 1. The smallest absolute Gasteiger partial charge is 0.0125 e. The first-order valence-electron chi connectivity index (χ1n) is 6.56. The van der Waals surface area contributed by atoms with E-state index in [1.54, 1.807) is 0 Å². The fourth-order valence-electron chi connectivity index (χ4n) is 2.91. The Morgan fingerprint density at radius 3 is 1.67 bits per heavy atom. The van der Waals surface area contributed by atoms with Crippen molar-refractivity contribution in [1.29, 1.82) is 0 Å². The average Bonchev–Trinajstić information content (AvgIpc) is 2.17. The Balaban J connectivity index is 2.50. The molecular weight excluding hydrogens is 182 g/mol. The lowest BCUT2D eigenvalue weighted by atomic mass is 9.65. The molecule has 0 unspecified atom stereocenters. The number of nitrogens with two attached hydrogens (primary N) is 1. The highest BCUT2D eigenvalue weighted by molar-refractivity contribution is 4.89. The van der Waals surface area contributed by atoms with Gasteiger partial charge in [0.05, 0.1) is 0 Å². The van der Waals surface area contributed by atoms with Gasteiger partial charge in [-0.05, 0) is 56.8 Å². The van der Waals surface area contributed by atoms with Crippen LogP contribution in [-0.2, 0) is 0 Å². The second kappa shape index (κ2) is 4.45. The molecule has 90 valence electrons. The minimum absolute atomic E-state index is 0.0291. The molecule has 1 aliphatic rings. The summed E-state index contributed by atoms with van der Waals surface area (Å²) >= 11 is 0. The Morgan fingerprint density at radius 2 is 1.33 bits per heavy atom. The monoisotopic (exact) mass is 211 g/mol. The van der Waals surface area contributed by atoms with Gasteiger partial charge in [0.2, 0.25) is 0 Å². The van der Waals surface area contributed by atoms with Crippen LogP contribution >= 0.6 is 0 Å². The summed E-state index contributed by atoms with van der Waals surface area (Å²) < 4.78 is 0. The molecule has 0 atom stereocenters. The molecule has 0 heterocycles. The topological polar surface area (TPSA) is 26.0 Å². The van der Waals surface area contributed by atoms with Crippen molar-refractivity contribution in [2.75, 3.05) is 0 Å². The van der Waals surface area contributed by atoms with E-state index in [0.717, 1.165) is 11.8 Å². The summed E-state index contributed by atoms with van der Waals surface area (Å²) in [7, 11) is 0. The molecule has 1 nitrogen and oxygen atoms in total. The first-order valence-corrected chi connectivity index (χ1v) is 6.56. The molecule has 0 aromatic rings. The van der Waals surface area contributed by atoms with E-state index in [9.17, 15) is 0 Å². The Hall–Kier alpha value is -0.0400. The highest BCUT2D eigenvalue weighted by Crippen LogP contribution is 2.43. The molecule has 1 rings (SSSR count). The largest absolute Gasteiger partial charge is 0.325 e. The van der Waals surface area contributed by atoms with Crippen LogP contribution in [0.4, 0.5) is 0 Å². The van der Waals surface area contributed by atoms with Crippen molar-refractivity contribution < 1.29 is 0 Å². The average molecular weight is 211 g/mol. The highest BCUT2D eigenvalue weighted by atomic mass is 14.7. The fraction of sp³-hybridized carbons (Fsp3) is 1.00. The van der Waals surface area contributed by atoms with E-state index in [0.29, 0.717) is 5.41 Å². The lowest BCUT2D eigenvalue weighted by Gasteiger charge is -2.42. The van der Waals surface area contributed by atoms with Gasteiger partial charge < -0.3 is 5.73 Å². The molecule has 1 saturated carbocycles.